The Hall–Kier alpha value is -5.29. The van der Waals surface area contributed by atoms with E-state index in [9.17, 15) is 10.2 Å². The smallest absolute Gasteiger partial charge is 0.399 e. The van der Waals surface area contributed by atoms with E-state index in [-0.39, 0.29) is 22.6 Å². The van der Waals surface area contributed by atoms with Crippen LogP contribution < -0.4 is 0 Å². The van der Waals surface area contributed by atoms with Crippen LogP contribution in [0.1, 0.15) is 17.0 Å². The summed E-state index contributed by atoms with van der Waals surface area (Å²) in [5.74, 6) is -2.24. The maximum absolute atomic E-state index is 15.3. The highest BCUT2D eigenvalue weighted by atomic mass is 19.4. The second kappa shape index (κ2) is 11.5. The third-order valence-electron chi connectivity index (χ3n) is 7.60. The van der Waals surface area contributed by atoms with E-state index in [4.69, 9.17) is 0 Å². The molecule has 0 saturated carbocycles. The highest BCUT2D eigenvalue weighted by Crippen LogP contribution is 2.49. The van der Waals surface area contributed by atoms with Gasteiger partial charge >= 0.3 is 6.18 Å². The molecule has 0 aliphatic heterocycles. The molecule has 6 rings (SSSR count). The molecule has 0 aliphatic carbocycles. The lowest BCUT2D eigenvalue weighted by Gasteiger charge is -2.25. The lowest BCUT2D eigenvalue weighted by atomic mass is 9.83. The zero-order chi connectivity index (χ0) is 30.0. The molecule has 0 bridgehead atoms. The van der Waals surface area contributed by atoms with Crippen molar-refractivity contribution in [3.63, 3.8) is 0 Å². The second-order valence-corrected chi connectivity index (χ2v) is 10.4. The third-order valence-corrected chi connectivity index (χ3v) is 7.60. The van der Waals surface area contributed by atoms with Crippen molar-refractivity contribution in [3.05, 3.63) is 157 Å². The molecule has 0 aromatic heterocycles. The van der Waals surface area contributed by atoms with Gasteiger partial charge in [0.2, 0.25) is 0 Å². The van der Waals surface area contributed by atoms with Crippen molar-refractivity contribution >= 4 is 0 Å². The Morgan fingerprint density at radius 2 is 0.628 bits per heavy atom. The van der Waals surface area contributed by atoms with Crippen molar-refractivity contribution < 1.29 is 23.4 Å². The molecule has 0 radical (unpaired) electrons. The number of aromatic hydroxyl groups is 2. The van der Waals surface area contributed by atoms with Gasteiger partial charge in [0.15, 0.2) is 0 Å². The van der Waals surface area contributed by atoms with E-state index in [2.05, 4.69) is 0 Å². The number of hydrogen-bond donors (Lipinski definition) is 2. The molecule has 6 aromatic carbocycles. The van der Waals surface area contributed by atoms with E-state index in [0.717, 1.165) is 0 Å². The number of rotatable bonds is 6. The van der Waals surface area contributed by atoms with E-state index in [1.807, 2.05) is 24.3 Å². The standard InChI is InChI=1S/C38H27F3O2/c39-38(40,41)35(29-21-31(25-13-5-1-6-14-25)36(42)32(22-29)26-15-7-2-8-16-26)30-23-33(27-17-9-3-10-18-27)37(43)34(24-30)28-19-11-4-12-20-28/h1-24,35,42-43H. The largest absolute Gasteiger partial charge is 0.507 e. The number of halogens is 3. The first-order valence-corrected chi connectivity index (χ1v) is 13.8. The maximum atomic E-state index is 15.3. The van der Waals surface area contributed by atoms with Crippen LogP contribution in [0.4, 0.5) is 13.2 Å². The molecule has 6 aromatic rings. The monoisotopic (exact) mass is 572 g/mol. The van der Waals surface area contributed by atoms with E-state index < -0.39 is 12.1 Å². The normalized spacial score (nSPS) is 11.5. The van der Waals surface area contributed by atoms with Crippen molar-refractivity contribution in [2.45, 2.75) is 12.1 Å². The molecule has 212 valence electrons. The van der Waals surface area contributed by atoms with E-state index in [0.29, 0.717) is 44.5 Å². The van der Waals surface area contributed by atoms with Crippen LogP contribution in [-0.2, 0) is 0 Å². The van der Waals surface area contributed by atoms with Crippen molar-refractivity contribution in [2.24, 2.45) is 0 Å². The predicted octanol–water partition coefficient (Wildman–Crippen LogP) is 10.5. The van der Waals surface area contributed by atoms with Gasteiger partial charge in [0.25, 0.3) is 0 Å². The van der Waals surface area contributed by atoms with Gasteiger partial charge in [-0.1, -0.05) is 121 Å². The molecule has 5 heteroatoms. The van der Waals surface area contributed by atoms with E-state index in [1.165, 1.54) is 24.3 Å². The van der Waals surface area contributed by atoms with Crippen LogP contribution in [-0.4, -0.2) is 16.4 Å². The summed E-state index contributed by atoms with van der Waals surface area (Å²) in [7, 11) is 0. The second-order valence-electron chi connectivity index (χ2n) is 10.4. The molecule has 0 saturated heterocycles. The minimum Gasteiger partial charge on any atom is -0.507 e. The summed E-state index contributed by atoms with van der Waals surface area (Å²) in [6.45, 7) is 0. The van der Waals surface area contributed by atoms with Gasteiger partial charge in [-0.3, -0.25) is 0 Å². The van der Waals surface area contributed by atoms with Gasteiger partial charge in [-0.25, -0.2) is 0 Å². The summed E-state index contributed by atoms with van der Waals surface area (Å²) < 4.78 is 45.9. The molecule has 0 spiro atoms. The van der Waals surface area contributed by atoms with Crippen LogP contribution in [0.25, 0.3) is 44.5 Å². The van der Waals surface area contributed by atoms with Gasteiger partial charge in [-0.05, 0) is 57.6 Å². The summed E-state index contributed by atoms with van der Waals surface area (Å²) >= 11 is 0. The van der Waals surface area contributed by atoms with Gasteiger partial charge in [0.05, 0.1) is 0 Å². The van der Waals surface area contributed by atoms with Gasteiger partial charge in [0, 0.05) is 22.3 Å². The number of phenolic OH excluding ortho intramolecular Hbond substituents is 2. The first-order valence-electron chi connectivity index (χ1n) is 13.8. The number of phenols is 2. The maximum Gasteiger partial charge on any atom is 0.399 e. The fraction of sp³-hybridized carbons (Fsp3) is 0.0526. The molecule has 0 atom stereocenters. The number of alkyl halides is 3. The first-order chi connectivity index (χ1) is 20.8. The summed E-state index contributed by atoms with van der Waals surface area (Å²) in [5.41, 5.74) is 3.56. The van der Waals surface area contributed by atoms with Gasteiger partial charge in [-0.15, -0.1) is 0 Å². The van der Waals surface area contributed by atoms with Crippen LogP contribution in [0, 0.1) is 0 Å². The molecule has 0 amide bonds. The summed E-state index contributed by atoms with van der Waals surface area (Å²) in [5, 5.41) is 22.8. The Morgan fingerprint density at radius 1 is 0.395 bits per heavy atom. The Morgan fingerprint density at radius 3 is 0.837 bits per heavy atom. The van der Waals surface area contributed by atoms with Crippen LogP contribution in [0.15, 0.2) is 146 Å². The van der Waals surface area contributed by atoms with Crippen molar-refractivity contribution in [2.75, 3.05) is 0 Å². The van der Waals surface area contributed by atoms with Crippen LogP contribution in [0.2, 0.25) is 0 Å². The van der Waals surface area contributed by atoms with Crippen LogP contribution in [0.3, 0.4) is 0 Å². The zero-order valence-electron chi connectivity index (χ0n) is 23.0. The highest BCUT2D eigenvalue weighted by molar-refractivity contribution is 5.85. The molecule has 0 unspecified atom stereocenters. The minimum absolute atomic E-state index is 0.0216. The van der Waals surface area contributed by atoms with Crippen LogP contribution in [0.5, 0.6) is 11.5 Å². The molecule has 0 fully saturated rings. The van der Waals surface area contributed by atoms with Crippen molar-refractivity contribution in [1.29, 1.82) is 0 Å². The van der Waals surface area contributed by atoms with Crippen molar-refractivity contribution in [3.8, 4) is 56.0 Å². The topological polar surface area (TPSA) is 40.5 Å². The molecule has 0 aliphatic rings. The Labute approximate surface area is 248 Å². The molecular formula is C38H27F3O2. The SMILES string of the molecule is Oc1c(-c2ccccc2)cc(C(c2cc(-c3ccccc3)c(O)c(-c3ccccc3)c2)C(F)(F)F)cc1-c1ccccc1. The third kappa shape index (κ3) is 5.62. The Kier molecular flexibility index (Phi) is 7.47. The van der Waals surface area contributed by atoms with Crippen molar-refractivity contribution in [1.82, 2.24) is 0 Å². The van der Waals surface area contributed by atoms with E-state index in [1.54, 1.807) is 97.1 Å². The first kappa shape index (κ1) is 27.9. The lowest BCUT2D eigenvalue weighted by Crippen LogP contribution is -2.22. The Bertz CT molecular complexity index is 1600. The minimum atomic E-state index is -4.70. The summed E-state index contributed by atoms with van der Waals surface area (Å²) in [6, 6.07) is 41.3. The zero-order valence-corrected chi connectivity index (χ0v) is 23.0. The number of hydrogen-bond acceptors (Lipinski definition) is 2. The predicted molar refractivity (Wildman–Crippen MR) is 166 cm³/mol. The fourth-order valence-corrected chi connectivity index (χ4v) is 5.57. The van der Waals surface area contributed by atoms with Crippen LogP contribution >= 0.6 is 0 Å². The quantitative estimate of drug-likeness (QED) is 0.208. The molecular weight excluding hydrogens is 545 g/mol. The number of benzene rings is 6. The summed E-state index contributed by atoms with van der Waals surface area (Å²) in [4.78, 5) is 0. The van der Waals surface area contributed by atoms with Gasteiger partial charge in [0.1, 0.15) is 17.4 Å². The van der Waals surface area contributed by atoms with Gasteiger partial charge in [-0.2, -0.15) is 13.2 Å². The average Bonchev–Trinajstić information content (AvgIpc) is 3.03. The highest BCUT2D eigenvalue weighted by Gasteiger charge is 2.43. The summed E-state index contributed by atoms with van der Waals surface area (Å²) in [6.07, 6.45) is -4.70. The Balaban J connectivity index is 1.65. The molecule has 2 nitrogen and oxygen atoms in total. The fourth-order valence-electron chi connectivity index (χ4n) is 5.57. The lowest BCUT2D eigenvalue weighted by molar-refractivity contribution is -0.141. The molecule has 2 N–H and O–H groups in total. The van der Waals surface area contributed by atoms with Gasteiger partial charge < -0.3 is 10.2 Å². The van der Waals surface area contributed by atoms with E-state index >= 15 is 13.2 Å². The average molecular weight is 573 g/mol. The molecule has 43 heavy (non-hydrogen) atoms. The molecule has 0 heterocycles.